The molecule has 2 aromatic heterocycles. The number of thioether (sulfide) groups is 1. The third-order valence-corrected chi connectivity index (χ3v) is 6.31. The van der Waals surface area contributed by atoms with E-state index in [2.05, 4.69) is 4.98 Å². The molecular formula is C25H25N3O4S. The van der Waals surface area contributed by atoms with Crippen LogP contribution in [-0.2, 0) is 17.5 Å². The van der Waals surface area contributed by atoms with Crippen LogP contribution in [0.5, 0.6) is 11.5 Å². The van der Waals surface area contributed by atoms with Gasteiger partial charge in [-0.2, -0.15) is 0 Å². The topological polar surface area (TPSA) is 75.5 Å². The quantitative estimate of drug-likeness (QED) is 0.265. The predicted octanol–water partition coefficient (Wildman–Crippen LogP) is 5.12. The Hall–Kier alpha value is -3.52. The van der Waals surface area contributed by atoms with Crippen molar-refractivity contribution in [1.82, 2.24) is 14.5 Å². The van der Waals surface area contributed by atoms with Gasteiger partial charge < -0.3 is 18.8 Å². The summed E-state index contributed by atoms with van der Waals surface area (Å²) in [5.41, 5.74) is 3.48. The molecule has 170 valence electrons. The van der Waals surface area contributed by atoms with E-state index in [-0.39, 0.29) is 6.61 Å². The lowest BCUT2D eigenvalue weighted by atomic mass is 9.94. The highest BCUT2D eigenvalue weighted by atomic mass is 32.2. The maximum Gasteiger partial charge on any atom is 0.340 e. The third-order valence-electron chi connectivity index (χ3n) is 5.24. The van der Waals surface area contributed by atoms with E-state index in [4.69, 9.17) is 19.2 Å². The van der Waals surface area contributed by atoms with Gasteiger partial charge >= 0.3 is 5.97 Å². The highest BCUT2D eigenvalue weighted by Crippen LogP contribution is 2.37. The number of nitrogens with zero attached hydrogens (tertiary/aromatic N) is 3. The largest absolute Gasteiger partial charge is 0.497 e. The molecule has 0 aliphatic carbocycles. The van der Waals surface area contributed by atoms with Crippen LogP contribution in [0.15, 0.2) is 60.0 Å². The fraction of sp³-hybridized carbons (Fsp3) is 0.240. The number of benzene rings is 2. The van der Waals surface area contributed by atoms with Crippen LogP contribution in [0.1, 0.15) is 23.0 Å². The Morgan fingerprint density at radius 2 is 1.79 bits per heavy atom. The highest BCUT2D eigenvalue weighted by molar-refractivity contribution is 7.98. The molecule has 33 heavy (non-hydrogen) atoms. The smallest absolute Gasteiger partial charge is 0.340 e. The minimum absolute atomic E-state index is 0.267. The molecule has 0 saturated carbocycles. The predicted molar refractivity (Wildman–Crippen MR) is 129 cm³/mol. The minimum atomic E-state index is -0.407. The number of methoxy groups -OCH3 is 2. The maximum atomic E-state index is 13.3. The lowest BCUT2D eigenvalue weighted by molar-refractivity contribution is 0.0526. The lowest BCUT2D eigenvalue weighted by Gasteiger charge is -2.17. The second-order valence-corrected chi connectivity index (χ2v) is 8.19. The number of imidazole rings is 1. The molecule has 4 rings (SSSR count). The van der Waals surface area contributed by atoms with Crippen LogP contribution in [0.25, 0.3) is 22.0 Å². The van der Waals surface area contributed by atoms with Gasteiger partial charge in [0.15, 0.2) is 5.16 Å². The number of carbonyl (C=O) groups is 1. The van der Waals surface area contributed by atoms with E-state index in [1.807, 2.05) is 60.3 Å². The average molecular weight is 464 g/mol. The molecule has 0 bridgehead atoms. The van der Waals surface area contributed by atoms with E-state index in [0.29, 0.717) is 22.8 Å². The second-order valence-electron chi connectivity index (χ2n) is 7.25. The Labute approximate surface area is 196 Å². The van der Waals surface area contributed by atoms with Crippen molar-refractivity contribution in [2.75, 3.05) is 20.8 Å². The number of hydrogen-bond acceptors (Lipinski definition) is 7. The number of ether oxygens (including phenoxy) is 3. The first kappa shape index (κ1) is 22.7. The van der Waals surface area contributed by atoms with Gasteiger partial charge in [-0.15, -0.1) is 0 Å². The van der Waals surface area contributed by atoms with Crippen LogP contribution >= 0.6 is 11.8 Å². The first-order valence-electron chi connectivity index (χ1n) is 10.5. The minimum Gasteiger partial charge on any atom is -0.497 e. The van der Waals surface area contributed by atoms with Crippen molar-refractivity contribution in [2.24, 2.45) is 7.05 Å². The first-order valence-corrected chi connectivity index (χ1v) is 11.5. The van der Waals surface area contributed by atoms with Gasteiger partial charge in [0, 0.05) is 36.1 Å². The molecule has 0 fully saturated rings. The fourth-order valence-corrected chi connectivity index (χ4v) is 4.50. The number of fused-ring (bicyclic) bond motifs is 1. The Kier molecular flexibility index (Phi) is 6.84. The Bertz CT molecular complexity index is 1290. The molecule has 0 amide bonds. The fourth-order valence-electron chi connectivity index (χ4n) is 3.63. The van der Waals surface area contributed by atoms with Gasteiger partial charge in [0.25, 0.3) is 0 Å². The molecule has 4 aromatic rings. The molecule has 0 radical (unpaired) electrons. The van der Waals surface area contributed by atoms with Crippen molar-refractivity contribution in [2.45, 2.75) is 17.8 Å². The SMILES string of the molecule is CCOC(=O)c1c(CSc2nccn2C)nc2ccc(OC)cc2c1-c1ccc(OC)cc1. The first-order chi connectivity index (χ1) is 16.0. The van der Waals surface area contributed by atoms with Crippen molar-refractivity contribution >= 4 is 28.6 Å². The van der Waals surface area contributed by atoms with Crippen LogP contribution in [-0.4, -0.2) is 41.3 Å². The molecule has 0 aliphatic heterocycles. The highest BCUT2D eigenvalue weighted by Gasteiger charge is 2.24. The maximum absolute atomic E-state index is 13.3. The standard InChI is InChI=1S/C25H25N3O4S/c1-5-32-24(29)23-21(15-33-25-26-12-13-28(25)2)27-20-11-10-18(31-4)14-19(20)22(23)16-6-8-17(30-3)9-7-16/h6-14H,5,15H2,1-4H3. The van der Waals surface area contributed by atoms with Gasteiger partial charge in [-0.3, -0.25) is 4.98 Å². The summed E-state index contributed by atoms with van der Waals surface area (Å²) >= 11 is 1.52. The van der Waals surface area contributed by atoms with Gasteiger partial charge in [0.05, 0.1) is 37.6 Å². The molecule has 2 aromatic carbocycles. The number of carbonyl (C=O) groups excluding carboxylic acids is 1. The molecule has 0 atom stereocenters. The van der Waals surface area contributed by atoms with E-state index in [0.717, 1.165) is 32.9 Å². The van der Waals surface area contributed by atoms with E-state index in [1.165, 1.54) is 11.8 Å². The molecular weight excluding hydrogens is 438 g/mol. The third kappa shape index (κ3) is 4.66. The van der Waals surface area contributed by atoms with E-state index >= 15 is 0 Å². The molecule has 8 heteroatoms. The van der Waals surface area contributed by atoms with Crippen LogP contribution < -0.4 is 9.47 Å². The Morgan fingerprint density at radius 3 is 2.42 bits per heavy atom. The van der Waals surface area contributed by atoms with Gasteiger partial charge in [-0.25, -0.2) is 9.78 Å². The summed E-state index contributed by atoms with van der Waals surface area (Å²) in [4.78, 5) is 22.5. The normalized spacial score (nSPS) is 10.9. The van der Waals surface area contributed by atoms with Gasteiger partial charge in [-0.1, -0.05) is 23.9 Å². The lowest BCUT2D eigenvalue weighted by Crippen LogP contribution is -2.12. The van der Waals surface area contributed by atoms with Crippen molar-refractivity contribution < 1.29 is 19.0 Å². The summed E-state index contributed by atoms with van der Waals surface area (Å²) in [5, 5.41) is 1.65. The molecule has 0 aliphatic rings. The number of pyridine rings is 1. The van der Waals surface area contributed by atoms with E-state index < -0.39 is 5.97 Å². The second kappa shape index (κ2) is 9.95. The summed E-state index contributed by atoms with van der Waals surface area (Å²) in [6.45, 7) is 2.06. The number of aromatic nitrogens is 3. The Morgan fingerprint density at radius 1 is 1.06 bits per heavy atom. The Balaban J connectivity index is 1.96. The van der Waals surface area contributed by atoms with Crippen LogP contribution in [0.4, 0.5) is 0 Å². The number of rotatable bonds is 8. The zero-order chi connectivity index (χ0) is 23.4. The van der Waals surface area contributed by atoms with Crippen molar-refractivity contribution in [3.8, 4) is 22.6 Å². The van der Waals surface area contributed by atoms with Crippen molar-refractivity contribution in [3.05, 3.63) is 66.1 Å². The summed E-state index contributed by atoms with van der Waals surface area (Å²) in [6, 6.07) is 13.3. The van der Waals surface area contributed by atoms with Crippen molar-refractivity contribution in [3.63, 3.8) is 0 Å². The molecule has 7 nitrogen and oxygen atoms in total. The van der Waals surface area contributed by atoms with Gasteiger partial charge in [-0.05, 0) is 42.8 Å². The average Bonchev–Trinajstić information content (AvgIpc) is 3.26. The summed E-state index contributed by atoms with van der Waals surface area (Å²) in [6.07, 6.45) is 3.63. The molecule has 0 unspecified atom stereocenters. The number of hydrogen-bond donors (Lipinski definition) is 0. The molecule has 0 spiro atoms. The monoisotopic (exact) mass is 463 g/mol. The van der Waals surface area contributed by atoms with Crippen molar-refractivity contribution in [1.29, 1.82) is 0 Å². The molecule has 0 saturated heterocycles. The van der Waals surface area contributed by atoms with Crippen LogP contribution in [0.3, 0.4) is 0 Å². The number of aryl methyl sites for hydroxylation is 1. The van der Waals surface area contributed by atoms with Crippen LogP contribution in [0, 0.1) is 0 Å². The van der Waals surface area contributed by atoms with Crippen LogP contribution in [0.2, 0.25) is 0 Å². The molecule has 0 N–H and O–H groups in total. The summed E-state index contributed by atoms with van der Waals surface area (Å²) in [5.74, 6) is 1.47. The van der Waals surface area contributed by atoms with Gasteiger partial charge in [0.2, 0.25) is 0 Å². The summed E-state index contributed by atoms with van der Waals surface area (Å²) in [7, 11) is 5.18. The zero-order valence-electron chi connectivity index (χ0n) is 19.0. The van der Waals surface area contributed by atoms with E-state index in [1.54, 1.807) is 27.3 Å². The van der Waals surface area contributed by atoms with Gasteiger partial charge in [0.1, 0.15) is 11.5 Å². The number of esters is 1. The summed E-state index contributed by atoms with van der Waals surface area (Å²) < 4.78 is 18.2. The zero-order valence-corrected chi connectivity index (χ0v) is 19.8. The van der Waals surface area contributed by atoms with E-state index in [9.17, 15) is 4.79 Å². The molecule has 2 heterocycles.